The average Bonchev–Trinajstić information content (AvgIpc) is 2.30. The van der Waals surface area contributed by atoms with Crippen LogP contribution < -0.4 is 0 Å². The van der Waals surface area contributed by atoms with Crippen LogP contribution in [0.2, 0.25) is 0 Å². The lowest BCUT2D eigenvalue weighted by molar-refractivity contribution is 1.32. The molecule has 0 aliphatic heterocycles. The summed E-state index contributed by atoms with van der Waals surface area (Å²) in [6.45, 7) is 0. The Morgan fingerprint density at radius 1 is 0.933 bits per heavy atom. The molecule has 0 amide bonds. The van der Waals surface area contributed by atoms with Crippen molar-refractivity contribution < 1.29 is 0 Å². The van der Waals surface area contributed by atoms with Gasteiger partial charge in [-0.1, -0.05) is 62.2 Å². The van der Waals surface area contributed by atoms with E-state index >= 15 is 0 Å². The summed E-state index contributed by atoms with van der Waals surface area (Å²) in [5.41, 5.74) is 3.35. The number of alkyl halides is 2. The first-order valence-electron chi connectivity index (χ1n) is 4.57. The van der Waals surface area contributed by atoms with Crippen LogP contribution >= 0.6 is 31.9 Å². The maximum absolute atomic E-state index is 4.30. The van der Waals surface area contributed by atoms with E-state index in [2.05, 4.69) is 61.1 Å². The first kappa shape index (κ1) is 10.8. The van der Waals surface area contributed by atoms with Gasteiger partial charge in [0.2, 0.25) is 0 Å². The standard InChI is InChI=1S/C12H9Br2N/c13-12(14)10-6-4-9(5-7-10)11-3-1-2-8-15-11/h1-8,12H. The Bertz CT molecular complexity index is 423. The molecule has 15 heavy (non-hydrogen) atoms. The van der Waals surface area contributed by atoms with Gasteiger partial charge in [0.15, 0.2) is 0 Å². The van der Waals surface area contributed by atoms with Crippen LogP contribution in [-0.2, 0) is 0 Å². The van der Waals surface area contributed by atoms with E-state index in [1.807, 2.05) is 18.2 Å². The highest BCUT2D eigenvalue weighted by Gasteiger charge is 2.02. The number of pyridine rings is 1. The number of rotatable bonds is 2. The molecule has 0 radical (unpaired) electrons. The van der Waals surface area contributed by atoms with E-state index in [-0.39, 0.29) is 3.74 Å². The lowest BCUT2D eigenvalue weighted by Crippen LogP contribution is -1.84. The lowest BCUT2D eigenvalue weighted by Gasteiger charge is -2.04. The van der Waals surface area contributed by atoms with Gasteiger partial charge in [0, 0.05) is 11.8 Å². The molecule has 0 saturated heterocycles. The summed E-state index contributed by atoms with van der Waals surface area (Å²) in [6, 6.07) is 14.2. The van der Waals surface area contributed by atoms with E-state index in [4.69, 9.17) is 0 Å². The van der Waals surface area contributed by atoms with Gasteiger partial charge in [-0.25, -0.2) is 0 Å². The fourth-order valence-corrected chi connectivity index (χ4v) is 1.94. The second-order valence-corrected chi connectivity index (χ2v) is 6.20. The Balaban J connectivity index is 2.32. The number of halogens is 2. The Morgan fingerprint density at radius 2 is 1.67 bits per heavy atom. The molecule has 0 N–H and O–H groups in total. The minimum absolute atomic E-state index is 0.211. The van der Waals surface area contributed by atoms with Gasteiger partial charge in [0.1, 0.15) is 0 Å². The third kappa shape index (κ3) is 2.67. The Labute approximate surface area is 106 Å². The molecule has 0 unspecified atom stereocenters. The van der Waals surface area contributed by atoms with Crippen molar-refractivity contribution in [3.05, 3.63) is 54.2 Å². The van der Waals surface area contributed by atoms with Crippen molar-refractivity contribution >= 4 is 31.9 Å². The van der Waals surface area contributed by atoms with Crippen molar-refractivity contribution in [1.82, 2.24) is 4.98 Å². The smallest absolute Gasteiger partial charge is 0.0946 e. The third-order valence-corrected chi connectivity index (χ3v) is 3.18. The first-order chi connectivity index (χ1) is 7.27. The number of nitrogens with zero attached hydrogens (tertiary/aromatic N) is 1. The minimum Gasteiger partial charge on any atom is -0.256 e. The van der Waals surface area contributed by atoms with Crippen LogP contribution in [0, 0.1) is 0 Å². The predicted octanol–water partition coefficient (Wildman–Crippen LogP) is 4.54. The Hall–Kier alpha value is -0.670. The zero-order valence-electron chi connectivity index (χ0n) is 7.90. The molecule has 76 valence electrons. The summed E-state index contributed by atoms with van der Waals surface area (Å²) in [5.74, 6) is 0. The molecular weight excluding hydrogens is 318 g/mol. The molecule has 2 rings (SSSR count). The maximum atomic E-state index is 4.30. The monoisotopic (exact) mass is 325 g/mol. The van der Waals surface area contributed by atoms with Crippen LogP contribution in [0.3, 0.4) is 0 Å². The summed E-state index contributed by atoms with van der Waals surface area (Å²) in [7, 11) is 0. The Kier molecular flexibility index (Phi) is 3.54. The first-order valence-corrected chi connectivity index (χ1v) is 6.40. The predicted molar refractivity (Wildman–Crippen MR) is 70.3 cm³/mol. The fourth-order valence-electron chi connectivity index (χ4n) is 1.33. The van der Waals surface area contributed by atoms with E-state index in [0.29, 0.717) is 0 Å². The van der Waals surface area contributed by atoms with E-state index in [9.17, 15) is 0 Å². The van der Waals surface area contributed by atoms with Crippen molar-refractivity contribution in [2.45, 2.75) is 3.74 Å². The van der Waals surface area contributed by atoms with Gasteiger partial charge in [-0.05, 0) is 17.7 Å². The van der Waals surface area contributed by atoms with Crippen LogP contribution in [0.5, 0.6) is 0 Å². The molecule has 1 aromatic heterocycles. The van der Waals surface area contributed by atoms with Gasteiger partial charge in [0.25, 0.3) is 0 Å². The molecule has 3 heteroatoms. The van der Waals surface area contributed by atoms with Crippen LogP contribution in [0.1, 0.15) is 9.30 Å². The van der Waals surface area contributed by atoms with Crippen LogP contribution in [0.4, 0.5) is 0 Å². The van der Waals surface area contributed by atoms with E-state index < -0.39 is 0 Å². The van der Waals surface area contributed by atoms with E-state index in [1.54, 1.807) is 6.20 Å². The number of aromatic nitrogens is 1. The van der Waals surface area contributed by atoms with Crippen LogP contribution in [0.25, 0.3) is 11.3 Å². The molecule has 1 nitrogen and oxygen atoms in total. The second kappa shape index (κ2) is 4.90. The van der Waals surface area contributed by atoms with E-state index in [0.717, 1.165) is 11.3 Å². The highest BCUT2D eigenvalue weighted by Crippen LogP contribution is 2.30. The normalized spacial score (nSPS) is 10.6. The summed E-state index contributed by atoms with van der Waals surface area (Å²) in [5, 5.41) is 0. The number of hydrogen-bond acceptors (Lipinski definition) is 1. The molecule has 0 spiro atoms. The summed E-state index contributed by atoms with van der Waals surface area (Å²) < 4.78 is 0.211. The molecule has 2 aromatic rings. The molecule has 1 aromatic carbocycles. The van der Waals surface area contributed by atoms with Crippen molar-refractivity contribution in [3.8, 4) is 11.3 Å². The van der Waals surface area contributed by atoms with Crippen molar-refractivity contribution in [2.24, 2.45) is 0 Å². The fraction of sp³-hybridized carbons (Fsp3) is 0.0833. The third-order valence-electron chi connectivity index (χ3n) is 2.12. The number of hydrogen-bond donors (Lipinski definition) is 0. The van der Waals surface area contributed by atoms with Gasteiger partial charge in [-0.15, -0.1) is 0 Å². The minimum atomic E-state index is 0.211. The van der Waals surface area contributed by atoms with Gasteiger partial charge >= 0.3 is 0 Å². The van der Waals surface area contributed by atoms with Crippen LogP contribution in [0.15, 0.2) is 48.7 Å². The molecular formula is C12H9Br2N. The van der Waals surface area contributed by atoms with Gasteiger partial charge in [0.05, 0.1) is 9.43 Å². The second-order valence-electron chi connectivity index (χ2n) is 3.14. The van der Waals surface area contributed by atoms with Crippen LogP contribution in [-0.4, -0.2) is 4.98 Å². The topological polar surface area (TPSA) is 12.9 Å². The Morgan fingerprint density at radius 3 is 2.20 bits per heavy atom. The maximum Gasteiger partial charge on any atom is 0.0946 e. The molecule has 0 bridgehead atoms. The van der Waals surface area contributed by atoms with Gasteiger partial charge < -0.3 is 0 Å². The number of benzene rings is 1. The van der Waals surface area contributed by atoms with Crippen molar-refractivity contribution in [1.29, 1.82) is 0 Å². The molecule has 0 fully saturated rings. The molecule has 1 heterocycles. The quantitative estimate of drug-likeness (QED) is 0.738. The zero-order valence-corrected chi connectivity index (χ0v) is 11.1. The van der Waals surface area contributed by atoms with Crippen molar-refractivity contribution in [2.75, 3.05) is 0 Å². The largest absolute Gasteiger partial charge is 0.256 e. The van der Waals surface area contributed by atoms with E-state index in [1.165, 1.54) is 5.56 Å². The molecule has 0 saturated carbocycles. The zero-order chi connectivity index (χ0) is 10.7. The van der Waals surface area contributed by atoms with Crippen molar-refractivity contribution in [3.63, 3.8) is 0 Å². The highest BCUT2D eigenvalue weighted by atomic mass is 79.9. The lowest BCUT2D eigenvalue weighted by atomic mass is 10.1. The SMILES string of the molecule is BrC(Br)c1ccc(-c2ccccn2)cc1. The van der Waals surface area contributed by atoms with Gasteiger partial charge in [-0.2, -0.15) is 0 Å². The highest BCUT2D eigenvalue weighted by molar-refractivity contribution is 9.24. The van der Waals surface area contributed by atoms with Gasteiger partial charge in [-0.3, -0.25) is 4.98 Å². The average molecular weight is 327 g/mol. The molecule has 0 aliphatic rings. The summed E-state index contributed by atoms with van der Waals surface area (Å²) in [4.78, 5) is 4.30. The molecule has 0 atom stereocenters. The molecule has 0 aliphatic carbocycles. The summed E-state index contributed by atoms with van der Waals surface area (Å²) in [6.07, 6.45) is 1.81. The summed E-state index contributed by atoms with van der Waals surface area (Å²) >= 11 is 6.93.